The van der Waals surface area contributed by atoms with Gasteiger partial charge in [0.2, 0.25) is 27.7 Å². The number of aliphatic hydroxyl groups excluding tert-OH is 2. The molecular weight excluding hydrogens is 571 g/mol. The quantitative estimate of drug-likeness (QED) is 0.261. The molecule has 0 spiro atoms. The molecule has 0 aliphatic carbocycles. The molecule has 14 heteroatoms. The topological polar surface area (TPSA) is 172 Å². The number of sulfonamides is 1. The maximum atomic E-state index is 13.8. The van der Waals surface area contributed by atoms with Gasteiger partial charge in [-0.3, -0.25) is 4.79 Å². The van der Waals surface area contributed by atoms with E-state index >= 15 is 0 Å². The second-order valence-corrected chi connectivity index (χ2v) is 11.5. The lowest BCUT2D eigenvalue weighted by Gasteiger charge is -2.24. The molecule has 0 amide bonds. The third kappa shape index (κ3) is 7.99. The van der Waals surface area contributed by atoms with Crippen molar-refractivity contribution in [3.8, 4) is 23.0 Å². The molecule has 0 saturated carbocycles. The van der Waals surface area contributed by atoms with E-state index in [9.17, 15) is 27.8 Å². The fraction of sp³-hybridized carbons (Fsp3) is 0.357. The Balaban J connectivity index is 2.27. The molecule has 3 aromatic rings. The van der Waals surface area contributed by atoms with Gasteiger partial charge in [-0.25, -0.2) is 22.8 Å². The number of pyridine rings is 1. The van der Waals surface area contributed by atoms with Crippen LogP contribution in [0.2, 0.25) is 0 Å². The molecule has 1 aromatic carbocycles. The van der Waals surface area contributed by atoms with Gasteiger partial charge in [-0.2, -0.15) is 9.29 Å². The number of carboxylic acid groups (broad SMARTS) is 1. The van der Waals surface area contributed by atoms with Crippen LogP contribution in [0.15, 0.2) is 42.5 Å². The lowest BCUT2D eigenvalue weighted by Crippen LogP contribution is -2.28. The summed E-state index contributed by atoms with van der Waals surface area (Å²) in [5, 5.41) is 29.3. The van der Waals surface area contributed by atoms with Crippen LogP contribution in [0, 0.1) is 5.82 Å². The molecule has 0 aliphatic rings. The second-order valence-electron chi connectivity index (χ2n) is 9.66. The van der Waals surface area contributed by atoms with Crippen molar-refractivity contribution in [2.24, 2.45) is 0 Å². The number of aliphatic carboxylic acids is 1. The Bertz CT molecular complexity index is 1550. The first-order valence-corrected chi connectivity index (χ1v) is 14.6. The van der Waals surface area contributed by atoms with Crippen molar-refractivity contribution < 1.29 is 42.4 Å². The minimum atomic E-state index is -4.08. The molecule has 3 N–H and O–H groups in total. The number of carbonyl (C=O) groups is 1. The summed E-state index contributed by atoms with van der Waals surface area (Å²) in [4.78, 5) is 24.3. The summed E-state index contributed by atoms with van der Waals surface area (Å²) in [7, 11) is -1.36. The Morgan fingerprint density at radius 3 is 2.26 bits per heavy atom. The van der Waals surface area contributed by atoms with Crippen LogP contribution in [-0.2, 0) is 14.8 Å². The van der Waals surface area contributed by atoms with E-state index in [1.54, 1.807) is 0 Å². The molecular formula is C28H33FN4O8S. The van der Waals surface area contributed by atoms with Crippen molar-refractivity contribution in [1.82, 2.24) is 15.0 Å². The number of methoxy groups -OCH3 is 2. The van der Waals surface area contributed by atoms with Gasteiger partial charge in [-0.05, 0) is 36.2 Å². The molecule has 0 fully saturated rings. The van der Waals surface area contributed by atoms with E-state index in [0.717, 1.165) is 10.6 Å². The monoisotopic (exact) mass is 604 g/mol. The van der Waals surface area contributed by atoms with E-state index in [1.807, 2.05) is 13.8 Å². The summed E-state index contributed by atoms with van der Waals surface area (Å²) in [6.45, 7) is 3.65. The van der Waals surface area contributed by atoms with Crippen molar-refractivity contribution >= 4 is 33.7 Å². The molecule has 0 bridgehead atoms. The Labute approximate surface area is 243 Å². The third-order valence-corrected chi connectivity index (χ3v) is 7.01. The first-order valence-electron chi connectivity index (χ1n) is 12.8. The Morgan fingerprint density at radius 2 is 1.71 bits per heavy atom. The Kier molecular flexibility index (Phi) is 10.5. The summed E-state index contributed by atoms with van der Waals surface area (Å²) in [6, 6.07) is 8.28. The van der Waals surface area contributed by atoms with Gasteiger partial charge in [0.15, 0.2) is 0 Å². The van der Waals surface area contributed by atoms with Gasteiger partial charge in [-0.15, -0.1) is 0 Å². The maximum Gasteiger partial charge on any atom is 0.305 e. The van der Waals surface area contributed by atoms with Crippen molar-refractivity contribution in [3.05, 3.63) is 59.5 Å². The van der Waals surface area contributed by atoms with Crippen LogP contribution in [0.4, 0.5) is 16.0 Å². The van der Waals surface area contributed by atoms with E-state index in [0.29, 0.717) is 16.8 Å². The maximum absolute atomic E-state index is 13.8. The van der Waals surface area contributed by atoms with E-state index in [1.165, 1.54) is 62.8 Å². The predicted molar refractivity (Wildman–Crippen MR) is 154 cm³/mol. The van der Waals surface area contributed by atoms with Crippen molar-refractivity contribution in [2.75, 3.05) is 24.8 Å². The standard InChI is InChI=1S/C28H33FN4O8S/c1-16(2)25-21(11-10-19(34)14-20(35)15-24(36)37)26(17-6-8-18(29)9-7-17)32-28(31-25)33(42(5,38)39)22-12-13-23(40-3)30-27(22)41-4/h6-13,16,19-20,34-35H,14-15H2,1-5H3,(H,36,37)/b11-10+/t19-,20-/m1/s1. The van der Waals surface area contributed by atoms with Crippen LogP contribution in [0.1, 0.15) is 43.9 Å². The molecule has 3 rings (SSSR count). The number of carboxylic acids is 1. The van der Waals surface area contributed by atoms with Gasteiger partial charge >= 0.3 is 5.97 Å². The fourth-order valence-corrected chi connectivity index (χ4v) is 4.99. The number of ether oxygens (including phenoxy) is 2. The number of aliphatic hydroxyl groups is 2. The number of rotatable bonds is 13. The van der Waals surface area contributed by atoms with Crippen LogP contribution in [0.5, 0.6) is 11.8 Å². The number of anilines is 2. The highest BCUT2D eigenvalue weighted by atomic mass is 32.2. The zero-order chi connectivity index (χ0) is 31.2. The van der Waals surface area contributed by atoms with Crippen LogP contribution in [0.3, 0.4) is 0 Å². The number of hydrogen-bond donors (Lipinski definition) is 3. The summed E-state index contributed by atoms with van der Waals surface area (Å²) in [5.41, 5.74) is 1.47. The number of aromatic nitrogens is 3. The fourth-order valence-electron chi connectivity index (χ4n) is 4.12. The minimum absolute atomic E-state index is 0.0201. The van der Waals surface area contributed by atoms with Gasteiger partial charge in [0, 0.05) is 23.6 Å². The predicted octanol–water partition coefficient (Wildman–Crippen LogP) is 3.52. The van der Waals surface area contributed by atoms with Crippen molar-refractivity contribution in [1.29, 1.82) is 0 Å². The van der Waals surface area contributed by atoms with Gasteiger partial charge in [-0.1, -0.05) is 26.0 Å². The van der Waals surface area contributed by atoms with Crippen LogP contribution in [-0.4, -0.2) is 77.3 Å². The van der Waals surface area contributed by atoms with Crippen LogP contribution in [0.25, 0.3) is 17.3 Å². The van der Waals surface area contributed by atoms with Gasteiger partial charge < -0.3 is 24.8 Å². The molecule has 0 saturated heterocycles. The summed E-state index contributed by atoms with van der Waals surface area (Å²) >= 11 is 0. The lowest BCUT2D eigenvalue weighted by molar-refractivity contribution is -0.139. The smallest absolute Gasteiger partial charge is 0.305 e. The molecule has 0 unspecified atom stereocenters. The average Bonchev–Trinajstić information content (AvgIpc) is 2.91. The number of nitrogens with zero attached hydrogens (tertiary/aromatic N) is 4. The lowest BCUT2D eigenvalue weighted by atomic mass is 9.97. The third-order valence-electron chi connectivity index (χ3n) is 5.99. The van der Waals surface area contributed by atoms with E-state index < -0.39 is 40.4 Å². The van der Waals surface area contributed by atoms with E-state index in [-0.39, 0.29) is 41.4 Å². The molecule has 226 valence electrons. The molecule has 12 nitrogen and oxygen atoms in total. The van der Waals surface area contributed by atoms with Gasteiger partial charge in [0.1, 0.15) is 11.5 Å². The molecule has 0 aliphatic heterocycles. The molecule has 2 atom stereocenters. The number of halogens is 1. The molecule has 42 heavy (non-hydrogen) atoms. The SMILES string of the molecule is COc1ccc(N(c2nc(-c3ccc(F)cc3)c(/C=C/[C@@H](O)C[C@@H](O)CC(=O)O)c(C(C)C)n2)S(C)(=O)=O)c(OC)n1. The molecule has 2 heterocycles. The largest absolute Gasteiger partial charge is 0.481 e. The van der Waals surface area contributed by atoms with Crippen molar-refractivity contribution in [3.63, 3.8) is 0 Å². The summed E-state index contributed by atoms with van der Waals surface area (Å²) < 4.78 is 51.5. The first-order chi connectivity index (χ1) is 19.7. The Morgan fingerprint density at radius 1 is 1.05 bits per heavy atom. The Hall–Kier alpha value is -4.14. The second kappa shape index (κ2) is 13.7. The van der Waals surface area contributed by atoms with Gasteiger partial charge in [0.05, 0.1) is 50.5 Å². The van der Waals surface area contributed by atoms with Crippen LogP contribution >= 0.6 is 0 Å². The zero-order valence-electron chi connectivity index (χ0n) is 23.7. The zero-order valence-corrected chi connectivity index (χ0v) is 24.5. The number of benzene rings is 1. The molecule has 2 aromatic heterocycles. The highest BCUT2D eigenvalue weighted by molar-refractivity contribution is 7.92. The summed E-state index contributed by atoms with van der Waals surface area (Å²) in [5.74, 6) is -2.11. The van der Waals surface area contributed by atoms with Crippen molar-refractivity contribution in [2.45, 2.75) is 44.8 Å². The van der Waals surface area contributed by atoms with Crippen LogP contribution < -0.4 is 13.8 Å². The van der Waals surface area contributed by atoms with E-state index in [4.69, 9.17) is 14.6 Å². The number of hydrogen-bond acceptors (Lipinski definition) is 10. The minimum Gasteiger partial charge on any atom is -0.481 e. The highest BCUT2D eigenvalue weighted by Gasteiger charge is 2.30. The normalized spacial score (nSPS) is 13.3. The summed E-state index contributed by atoms with van der Waals surface area (Å²) in [6.07, 6.45) is 0.561. The molecule has 0 radical (unpaired) electrons. The van der Waals surface area contributed by atoms with E-state index in [2.05, 4.69) is 15.0 Å². The van der Waals surface area contributed by atoms with Gasteiger partial charge in [0.25, 0.3) is 0 Å². The first kappa shape index (κ1) is 32.4. The highest BCUT2D eigenvalue weighted by Crippen LogP contribution is 2.38. The average molecular weight is 605 g/mol.